The third-order valence-electron chi connectivity index (χ3n) is 9.41. The number of benzene rings is 7. The molecule has 0 aliphatic rings. The van der Waals surface area contributed by atoms with Crippen LogP contribution in [-0.4, -0.2) is 15.0 Å². The highest BCUT2D eigenvalue weighted by Gasteiger charge is 2.19. The second-order valence-corrected chi connectivity index (χ2v) is 13.5. The van der Waals surface area contributed by atoms with E-state index in [4.69, 9.17) is 23.8 Å². The second kappa shape index (κ2) is 11.9. The molecule has 0 saturated carbocycles. The van der Waals surface area contributed by atoms with Gasteiger partial charge in [0, 0.05) is 37.1 Å². The van der Waals surface area contributed by atoms with E-state index in [1.807, 2.05) is 66.7 Å². The topological polar surface area (TPSA) is 65.0 Å². The zero-order chi connectivity index (χ0) is 33.9. The molecule has 0 aliphatic heterocycles. The summed E-state index contributed by atoms with van der Waals surface area (Å²) in [5, 5.41) is 4.20. The van der Waals surface area contributed by atoms with Crippen LogP contribution in [0.5, 0.6) is 0 Å². The van der Waals surface area contributed by atoms with Crippen molar-refractivity contribution in [1.82, 2.24) is 15.0 Å². The summed E-state index contributed by atoms with van der Waals surface area (Å²) in [6.45, 7) is 0. The highest BCUT2D eigenvalue weighted by atomic mass is 79.9. The molecule has 240 valence electrons. The Morgan fingerprint density at radius 2 is 0.882 bits per heavy atom. The van der Waals surface area contributed by atoms with Gasteiger partial charge in [0.1, 0.15) is 22.3 Å². The molecule has 10 rings (SSSR count). The van der Waals surface area contributed by atoms with Gasteiger partial charge in [0.05, 0.1) is 5.56 Å². The molecule has 0 atom stereocenters. The summed E-state index contributed by atoms with van der Waals surface area (Å²) in [5.74, 6) is 1.66. The van der Waals surface area contributed by atoms with Gasteiger partial charge in [-0.15, -0.1) is 0 Å². The van der Waals surface area contributed by atoms with Gasteiger partial charge in [0.25, 0.3) is 0 Å². The van der Waals surface area contributed by atoms with Crippen LogP contribution in [0.1, 0.15) is 0 Å². The van der Waals surface area contributed by atoms with E-state index in [1.165, 1.54) is 0 Å². The maximum absolute atomic E-state index is 6.43. The molecule has 0 N–H and O–H groups in total. The lowest BCUT2D eigenvalue weighted by Gasteiger charge is -2.10. The van der Waals surface area contributed by atoms with Crippen molar-refractivity contribution >= 4 is 59.8 Å². The van der Waals surface area contributed by atoms with Crippen molar-refractivity contribution in [2.75, 3.05) is 0 Å². The number of furan rings is 2. The van der Waals surface area contributed by atoms with Gasteiger partial charge >= 0.3 is 0 Å². The molecular weight excluding hydrogens is 694 g/mol. The molecule has 0 saturated heterocycles. The fraction of sp³-hybridized carbons (Fsp3) is 0. The average Bonchev–Trinajstić information content (AvgIpc) is 3.76. The third-order valence-corrected chi connectivity index (χ3v) is 9.91. The van der Waals surface area contributed by atoms with Crippen molar-refractivity contribution in [1.29, 1.82) is 0 Å². The summed E-state index contributed by atoms with van der Waals surface area (Å²) in [6, 6.07) is 53.8. The molecule has 10 aromatic rings. The van der Waals surface area contributed by atoms with Crippen LogP contribution in [0, 0.1) is 0 Å². The number of nitrogens with zero attached hydrogens (tertiary/aromatic N) is 3. The van der Waals surface area contributed by atoms with Gasteiger partial charge in [-0.25, -0.2) is 15.0 Å². The smallest absolute Gasteiger partial charge is 0.167 e. The van der Waals surface area contributed by atoms with Gasteiger partial charge in [-0.1, -0.05) is 125 Å². The summed E-state index contributed by atoms with van der Waals surface area (Å²) in [7, 11) is 0. The lowest BCUT2D eigenvalue weighted by molar-refractivity contribution is 0.668. The fourth-order valence-electron chi connectivity index (χ4n) is 6.90. The molecule has 0 unspecified atom stereocenters. The molecule has 0 spiro atoms. The van der Waals surface area contributed by atoms with Crippen LogP contribution in [0.4, 0.5) is 0 Å². The van der Waals surface area contributed by atoms with Crippen molar-refractivity contribution in [3.63, 3.8) is 0 Å². The van der Waals surface area contributed by atoms with E-state index in [0.717, 1.165) is 87.3 Å². The van der Waals surface area contributed by atoms with Crippen molar-refractivity contribution in [3.8, 4) is 56.4 Å². The van der Waals surface area contributed by atoms with E-state index in [2.05, 4.69) is 107 Å². The standard InChI is InChI=1S/C45H26BrN3O2/c46-33-11-6-9-30(25-33)28-20-18-27(19-21-28)29-8-5-10-31(24-29)43-47-44(32-22-23-36-34-12-1-3-16-39(34)50-41(36)26-32)49-45(48-43)38-15-7-14-37-35-13-2-4-17-40(35)51-42(37)38/h1-26H. The first kappa shape index (κ1) is 29.5. The first-order chi connectivity index (χ1) is 25.1. The van der Waals surface area contributed by atoms with E-state index in [1.54, 1.807) is 0 Å². The summed E-state index contributed by atoms with van der Waals surface area (Å²) < 4.78 is 13.7. The Labute approximate surface area is 301 Å². The Balaban J connectivity index is 1.12. The van der Waals surface area contributed by atoms with E-state index < -0.39 is 0 Å². The predicted molar refractivity (Wildman–Crippen MR) is 209 cm³/mol. The number of hydrogen-bond acceptors (Lipinski definition) is 5. The van der Waals surface area contributed by atoms with Crippen LogP contribution < -0.4 is 0 Å². The Hall–Kier alpha value is -6.37. The Kier molecular flexibility index (Phi) is 6.89. The molecule has 5 nitrogen and oxygen atoms in total. The SMILES string of the molecule is Brc1cccc(-c2ccc(-c3cccc(-c4nc(-c5ccc6c(c5)oc5ccccc56)nc(-c5cccc6c5oc5ccccc56)n4)c3)cc2)c1. The van der Waals surface area contributed by atoms with Gasteiger partial charge in [-0.05, 0) is 70.8 Å². The van der Waals surface area contributed by atoms with E-state index in [0.29, 0.717) is 17.5 Å². The highest BCUT2D eigenvalue weighted by Crippen LogP contribution is 2.37. The van der Waals surface area contributed by atoms with Crippen LogP contribution in [0.2, 0.25) is 0 Å². The Morgan fingerprint density at radius 1 is 0.353 bits per heavy atom. The van der Waals surface area contributed by atoms with Crippen LogP contribution in [-0.2, 0) is 0 Å². The normalized spacial score (nSPS) is 11.6. The summed E-state index contributed by atoms with van der Waals surface area (Å²) in [5.41, 5.74) is 10.2. The van der Waals surface area contributed by atoms with Gasteiger partial charge < -0.3 is 8.83 Å². The van der Waals surface area contributed by atoms with Gasteiger partial charge in [0.15, 0.2) is 17.5 Å². The minimum Gasteiger partial charge on any atom is -0.456 e. The molecule has 0 amide bonds. The zero-order valence-electron chi connectivity index (χ0n) is 27.0. The molecule has 7 aromatic carbocycles. The van der Waals surface area contributed by atoms with Crippen molar-refractivity contribution in [2.45, 2.75) is 0 Å². The summed E-state index contributed by atoms with van der Waals surface area (Å²) >= 11 is 3.59. The van der Waals surface area contributed by atoms with Crippen LogP contribution in [0.25, 0.3) is 100 Å². The Morgan fingerprint density at radius 3 is 1.63 bits per heavy atom. The van der Waals surface area contributed by atoms with Crippen LogP contribution >= 0.6 is 15.9 Å². The number of hydrogen-bond donors (Lipinski definition) is 0. The molecule has 6 heteroatoms. The van der Waals surface area contributed by atoms with Crippen LogP contribution in [0.3, 0.4) is 0 Å². The zero-order valence-corrected chi connectivity index (χ0v) is 28.6. The molecular formula is C45H26BrN3O2. The minimum atomic E-state index is 0.535. The van der Waals surface area contributed by atoms with E-state index >= 15 is 0 Å². The maximum atomic E-state index is 6.43. The van der Waals surface area contributed by atoms with Crippen molar-refractivity contribution < 1.29 is 8.83 Å². The average molecular weight is 721 g/mol. The first-order valence-electron chi connectivity index (χ1n) is 16.7. The summed E-state index contributed by atoms with van der Waals surface area (Å²) in [4.78, 5) is 15.3. The molecule has 51 heavy (non-hydrogen) atoms. The minimum absolute atomic E-state index is 0.535. The molecule has 0 aliphatic carbocycles. The molecule has 0 bridgehead atoms. The first-order valence-corrected chi connectivity index (χ1v) is 17.5. The lowest BCUT2D eigenvalue weighted by Crippen LogP contribution is -2.00. The number of halogens is 1. The van der Waals surface area contributed by atoms with E-state index in [9.17, 15) is 0 Å². The molecule has 0 fully saturated rings. The van der Waals surface area contributed by atoms with Gasteiger partial charge in [0.2, 0.25) is 0 Å². The van der Waals surface area contributed by atoms with Gasteiger partial charge in [-0.3, -0.25) is 0 Å². The molecule has 3 aromatic heterocycles. The lowest BCUT2D eigenvalue weighted by atomic mass is 9.99. The van der Waals surface area contributed by atoms with Crippen LogP contribution in [0.15, 0.2) is 171 Å². The third kappa shape index (κ3) is 5.20. The highest BCUT2D eigenvalue weighted by molar-refractivity contribution is 9.10. The number of aromatic nitrogens is 3. The maximum Gasteiger partial charge on any atom is 0.167 e. The molecule has 3 heterocycles. The summed E-state index contributed by atoms with van der Waals surface area (Å²) in [6.07, 6.45) is 0. The predicted octanol–water partition coefficient (Wildman–Crippen LogP) is 12.8. The fourth-order valence-corrected chi connectivity index (χ4v) is 7.30. The van der Waals surface area contributed by atoms with E-state index in [-0.39, 0.29) is 0 Å². The molecule has 0 radical (unpaired) electrons. The monoisotopic (exact) mass is 719 g/mol. The number of para-hydroxylation sites is 3. The second-order valence-electron chi connectivity index (χ2n) is 12.6. The van der Waals surface area contributed by atoms with Gasteiger partial charge in [-0.2, -0.15) is 0 Å². The van der Waals surface area contributed by atoms with Crippen molar-refractivity contribution in [2.24, 2.45) is 0 Å². The number of fused-ring (bicyclic) bond motifs is 6. The quantitative estimate of drug-likeness (QED) is 0.177. The largest absolute Gasteiger partial charge is 0.456 e. The van der Waals surface area contributed by atoms with Crippen molar-refractivity contribution in [3.05, 3.63) is 162 Å². The number of rotatable bonds is 5. The Bertz CT molecular complexity index is 2940.